The van der Waals surface area contributed by atoms with E-state index in [4.69, 9.17) is 0 Å². The molecule has 3 heteroatoms. The van der Waals surface area contributed by atoms with Crippen LogP contribution in [0.2, 0.25) is 0 Å². The number of hydrazone groups is 1. The van der Waals surface area contributed by atoms with Gasteiger partial charge in [0.25, 0.3) is 5.91 Å². The van der Waals surface area contributed by atoms with Gasteiger partial charge in [-0.05, 0) is 38.5 Å². The molecule has 2 unspecified atom stereocenters. The molecule has 15 heavy (non-hydrogen) atoms. The van der Waals surface area contributed by atoms with E-state index in [0.29, 0.717) is 17.9 Å². The molecule has 2 atom stereocenters. The summed E-state index contributed by atoms with van der Waals surface area (Å²) in [6.45, 7) is 8.27. The number of carbonyl (C=O) groups is 1. The molecule has 1 aliphatic carbocycles. The Balaban J connectivity index is 2.13. The number of hydrogen-bond acceptors (Lipinski definition) is 2. The van der Waals surface area contributed by atoms with E-state index < -0.39 is 0 Å². The van der Waals surface area contributed by atoms with Gasteiger partial charge in [0.15, 0.2) is 0 Å². The zero-order valence-corrected chi connectivity index (χ0v) is 10.0. The van der Waals surface area contributed by atoms with Crippen LogP contribution in [-0.2, 0) is 4.79 Å². The van der Waals surface area contributed by atoms with E-state index in [0.717, 1.165) is 5.71 Å². The SMILES string of the molecule is CC1=NN(C(C)C2CC2)C(=O)C1C(C)C. The third-order valence-corrected chi connectivity index (χ3v) is 3.56. The van der Waals surface area contributed by atoms with Gasteiger partial charge in [-0.15, -0.1) is 0 Å². The van der Waals surface area contributed by atoms with Gasteiger partial charge in [0.05, 0.1) is 12.0 Å². The molecule has 3 nitrogen and oxygen atoms in total. The van der Waals surface area contributed by atoms with E-state index in [2.05, 4.69) is 25.9 Å². The summed E-state index contributed by atoms with van der Waals surface area (Å²) >= 11 is 0. The maximum Gasteiger partial charge on any atom is 0.252 e. The highest BCUT2D eigenvalue weighted by Crippen LogP contribution is 2.37. The van der Waals surface area contributed by atoms with Crippen molar-refractivity contribution in [2.45, 2.75) is 46.6 Å². The van der Waals surface area contributed by atoms with Crippen molar-refractivity contribution < 1.29 is 4.79 Å². The fraction of sp³-hybridized carbons (Fsp3) is 0.833. The van der Waals surface area contributed by atoms with Crippen LogP contribution in [0.25, 0.3) is 0 Å². The van der Waals surface area contributed by atoms with Crippen LogP contribution in [-0.4, -0.2) is 22.7 Å². The lowest BCUT2D eigenvalue weighted by Crippen LogP contribution is -2.36. The van der Waals surface area contributed by atoms with Gasteiger partial charge in [0.2, 0.25) is 0 Å². The minimum absolute atomic E-state index is 0.0196. The predicted octanol–water partition coefficient (Wildman–Crippen LogP) is 2.28. The maximum absolute atomic E-state index is 12.1. The Morgan fingerprint density at radius 3 is 2.33 bits per heavy atom. The quantitative estimate of drug-likeness (QED) is 0.700. The molecule has 0 bridgehead atoms. The maximum atomic E-state index is 12.1. The minimum Gasteiger partial charge on any atom is -0.272 e. The van der Waals surface area contributed by atoms with Crippen molar-refractivity contribution in [3.8, 4) is 0 Å². The van der Waals surface area contributed by atoms with Crippen molar-refractivity contribution >= 4 is 11.6 Å². The summed E-state index contributed by atoms with van der Waals surface area (Å²) in [5.74, 6) is 1.28. The van der Waals surface area contributed by atoms with Crippen LogP contribution in [0.4, 0.5) is 0 Å². The van der Waals surface area contributed by atoms with Gasteiger partial charge in [0.1, 0.15) is 0 Å². The normalized spacial score (nSPS) is 28.6. The molecule has 84 valence electrons. The standard InChI is InChI=1S/C12H20N2O/c1-7(2)11-8(3)13-14(12(11)15)9(4)10-5-6-10/h7,9-11H,5-6H2,1-4H3. The monoisotopic (exact) mass is 208 g/mol. The molecule has 1 saturated carbocycles. The summed E-state index contributed by atoms with van der Waals surface area (Å²) in [5.41, 5.74) is 0.988. The third kappa shape index (κ3) is 1.80. The Morgan fingerprint density at radius 2 is 1.93 bits per heavy atom. The van der Waals surface area contributed by atoms with Crippen LogP contribution in [0.3, 0.4) is 0 Å². The molecule has 1 heterocycles. The van der Waals surface area contributed by atoms with Crippen molar-refractivity contribution in [3.05, 3.63) is 0 Å². The highest BCUT2D eigenvalue weighted by atomic mass is 16.2. The molecule has 2 rings (SSSR count). The number of nitrogens with zero attached hydrogens (tertiary/aromatic N) is 2. The summed E-state index contributed by atoms with van der Waals surface area (Å²) < 4.78 is 0. The Kier molecular flexibility index (Phi) is 2.57. The van der Waals surface area contributed by atoms with Gasteiger partial charge in [-0.2, -0.15) is 5.10 Å². The zero-order valence-electron chi connectivity index (χ0n) is 10.0. The second kappa shape index (κ2) is 3.62. The predicted molar refractivity (Wildman–Crippen MR) is 60.5 cm³/mol. The molecule has 0 aromatic carbocycles. The molecule has 1 fully saturated rings. The van der Waals surface area contributed by atoms with Gasteiger partial charge in [-0.3, -0.25) is 4.79 Å². The Labute approximate surface area is 91.5 Å². The minimum atomic E-state index is 0.0196. The van der Waals surface area contributed by atoms with Crippen molar-refractivity contribution in [1.29, 1.82) is 0 Å². The number of rotatable bonds is 3. The highest BCUT2D eigenvalue weighted by molar-refractivity contribution is 6.07. The van der Waals surface area contributed by atoms with Crippen LogP contribution in [0.15, 0.2) is 5.10 Å². The van der Waals surface area contributed by atoms with Crippen LogP contribution >= 0.6 is 0 Å². The molecule has 2 aliphatic rings. The van der Waals surface area contributed by atoms with Gasteiger partial charge in [-0.1, -0.05) is 13.8 Å². The fourth-order valence-electron chi connectivity index (χ4n) is 2.44. The molecule has 1 aliphatic heterocycles. The molecule has 0 N–H and O–H groups in total. The summed E-state index contributed by atoms with van der Waals surface area (Å²) in [6, 6.07) is 0.302. The second-order valence-corrected chi connectivity index (χ2v) is 5.22. The van der Waals surface area contributed by atoms with E-state index in [9.17, 15) is 4.79 Å². The molecule has 0 radical (unpaired) electrons. The Bertz CT molecular complexity index is 305. The Hall–Kier alpha value is -0.860. The Morgan fingerprint density at radius 1 is 1.33 bits per heavy atom. The van der Waals surface area contributed by atoms with E-state index in [1.165, 1.54) is 12.8 Å². The molecule has 0 saturated heterocycles. The smallest absolute Gasteiger partial charge is 0.252 e. The first-order valence-electron chi connectivity index (χ1n) is 5.90. The molecule has 0 spiro atoms. The van der Waals surface area contributed by atoms with Crippen LogP contribution < -0.4 is 0 Å². The molecule has 0 aromatic rings. The number of hydrogen-bond donors (Lipinski definition) is 0. The lowest BCUT2D eigenvalue weighted by molar-refractivity contribution is -0.135. The first-order chi connectivity index (χ1) is 7.02. The van der Waals surface area contributed by atoms with E-state index in [1.54, 1.807) is 5.01 Å². The van der Waals surface area contributed by atoms with Crippen LogP contribution in [0, 0.1) is 17.8 Å². The van der Waals surface area contributed by atoms with Gasteiger partial charge < -0.3 is 0 Å². The third-order valence-electron chi connectivity index (χ3n) is 3.56. The van der Waals surface area contributed by atoms with Gasteiger partial charge in [-0.25, -0.2) is 5.01 Å². The number of carbonyl (C=O) groups excluding carboxylic acids is 1. The molecule has 0 aromatic heterocycles. The summed E-state index contributed by atoms with van der Waals surface area (Å²) in [7, 11) is 0. The topological polar surface area (TPSA) is 32.7 Å². The van der Waals surface area contributed by atoms with E-state index in [-0.39, 0.29) is 11.8 Å². The second-order valence-electron chi connectivity index (χ2n) is 5.22. The van der Waals surface area contributed by atoms with Crippen molar-refractivity contribution in [2.75, 3.05) is 0 Å². The van der Waals surface area contributed by atoms with Crippen LogP contribution in [0.5, 0.6) is 0 Å². The first-order valence-corrected chi connectivity index (χ1v) is 5.90. The van der Waals surface area contributed by atoms with Crippen molar-refractivity contribution in [2.24, 2.45) is 22.9 Å². The first kappa shape index (κ1) is 10.7. The average Bonchev–Trinajstić information content (AvgIpc) is 2.91. The highest BCUT2D eigenvalue weighted by Gasteiger charge is 2.42. The fourth-order valence-corrected chi connectivity index (χ4v) is 2.44. The average molecular weight is 208 g/mol. The van der Waals surface area contributed by atoms with Crippen LogP contribution in [0.1, 0.15) is 40.5 Å². The lowest BCUT2D eigenvalue weighted by Gasteiger charge is -2.22. The summed E-state index contributed by atoms with van der Waals surface area (Å²) in [5, 5.41) is 6.17. The van der Waals surface area contributed by atoms with Crippen molar-refractivity contribution in [1.82, 2.24) is 5.01 Å². The molecule has 1 amide bonds. The van der Waals surface area contributed by atoms with Crippen molar-refractivity contribution in [3.63, 3.8) is 0 Å². The summed E-state index contributed by atoms with van der Waals surface area (Å²) in [6.07, 6.45) is 2.51. The number of amides is 1. The van der Waals surface area contributed by atoms with Gasteiger partial charge >= 0.3 is 0 Å². The summed E-state index contributed by atoms with van der Waals surface area (Å²) in [4.78, 5) is 12.1. The van der Waals surface area contributed by atoms with E-state index >= 15 is 0 Å². The molecular formula is C12H20N2O. The molecular weight excluding hydrogens is 188 g/mol. The van der Waals surface area contributed by atoms with Gasteiger partial charge in [0, 0.05) is 5.71 Å². The van der Waals surface area contributed by atoms with E-state index in [1.807, 2.05) is 6.92 Å². The lowest BCUT2D eigenvalue weighted by atomic mass is 9.91. The largest absolute Gasteiger partial charge is 0.272 e. The zero-order chi connectivity index (χ0) is 11.2.